The molecule has 1 saturated heterocycles. The van der Waals surface area contributed by atoms with E-state index in [0.29, 0.717) is 36.6 Å². The van der Waals surface area contributed by atoms with Gasteiger partial charge in [-0.25, -0.2) is 14.1 Å². The minimum absolute atomic E-state index is 0.145. The highest BCUT2D eigenvalue weighted by molar-refractivity contribution is 9.10. The summed E-state index contributed by atoms with van der Waals surface area (Å²) >= 11 is 3.24. The lowest BCUT2D eigenvalue weighted by Crippen LogP contribution is -2.23. The molecule has 1 aromatic carbocycles. The van der Waals surface area contributed by atoms with Crippen molar-refractivity contribution in [1.82, 2.24) is 14.8 Å². The third kappa shape index (κ3) is 6.18. The van der Waals surface area contributed by atoms with Crippen LogP contribution in [0.2, 0.25) is 0 Å². The molecule has 0 bridgehead atoms. The van der Waals surface area contributed by atoms with E-state index in [0.717, 1.165) is 25.3 Å². The second-order valence-corrected chi connectivity index (χ2v) is 7.33. The number of hydrogen-bond donors (Lipinski definition) is 0. The van der Waals surface area contributed by atoms with Crippen LogP contribution in [0.3, 0.4) is 0 Å². The maximum absolute atomic E-state index is 14.1. The summed E-state index contributed by atoms with van der Waals surface area (Å²) in [6.45, 7) is 1.31. The van der Waals surface area contributed by atoms with E-state index in [1.165, 1.54) is 23.9 Å². The van der Waals surface area contributed by atoms with Crippen LogP contribution in [0.1, 0.15) is 44.0 Å². The van der Waals surface area contributed by atoms with E-state index in [-0.39, 0.29) is 18.8 Å². The number of methoxy groups -OCH3 is 1. The molecular weight excluding hydrogens is 452 g/mol. The Labute approximate surface area is 176 Å². The molecule has 0 N–H and O–H groups in total. The normalized spacial score (nSPS) is 18.0. The van der Waals surface area contributed by atoms with Gasteiger partial charge >= 0.3 is 0 Å². The molecule has 1 fully saturated rings. The fourth-order valence-corrected chi connectivity index (χ4v) is 3.45. The summed E-state index contributed by atoms with van der Waals surface area (Å²) in [6.07, 6.45) is 3.23. The molecule has 160 valence electrons. The Kier molecular flexibility index (Phi) is 8.34. The molecule has 29 heavy (non-hydrogen) atoms. The van der Waals surface area contributed by atoms with E-state index >= 15 is 0 Å². The Morgan fingerprint density at radius 3 is 2.97 bits per heavy atom. The Morgan fingerprint density at radius 1 is 1.34 bits per heavy atom. The molecule has 1 aromatic heterocycles. The standard InChI is InChI=1S/C19H24BrF2N3O4/c1-26-12-25-18(23-19(20)24-25)15(29-14-7-4-6-13(21)17(14)22)8-5-11-28-16-9-2-3-10-27-16/h4,6-7,15-16H,2-3,5,8-12H2,1H3. The van der Waals surface area contributed by atoms with Crippen LogP contribution in [-0.4, -0.2) is 41.4 Å². The Morgan fingerprint density at radius 2 is 2.21 bits per heavy atom. The lowest BCUT2D eigenvalue weighted by atomic mass is 10.2. The van der Waals surface area contributed by atoms with Gasteiger partial charge in [-0.1, -0.05) is 6.07 Å². The van der Waals surface area contributed by atoms with Crippen molar-refractivity contribution in [1.29, 1.82) is 0 Å². The largest absolute Gasteiger partial charge is 0.479 e. The molecule has 0 saturated carbocycles. The van der Waals surface area contributed by atoms with Gasteiger partial charge in [-0.15, -0.1) is 5.10 Å². The van der Waals surface area contributed by atoms with Crippen LogP contribution in [0.15, 0.2) is 22.9 Å². The number of benzene rings is 1. The molecule has 1 aliphatic heterocycles. The number of rotatable bonds is 10. The summed E-state index contributed by atoms with van der Waals surface area (Å²) in [5.41, 5.74) is 0. The molecule has 3 rings (SSSR count). The zero-order valence-corrected chi connectivity index (χ0v) is 17.7. The van der Waals surface area contributed by atoms with Crippen LogP contribution in [0.25, 0.3) is 0 Å². The summed E-state index contributed by atoms with van der Waals surface area (Å²) in [7, 11) is 1.53. The average Bonchev–Trinajstić information content (AvgIpc) is 3.08. The van der Waals surface area contributed by atoms with Gasteiger partial charge in [-0.3, -0.25) is 0 Å². The van der Waals surface area contributed by atoms with E-state index in [1.807, 2.05) is 0 Å². The highest BCUT2D eigenvalue weighted by Gasteiger charge is 2.24. The fraction of sp³-hybridized carbons (Fsp3) is 0.579. The second-order valence-electron chi connectivity index (χ2n) is 6.62. The summed E-state index contributed by atoms with van der Waals surface area (Å²) < 4.78 is 51.9. The number of nitrogens with zero attached hydrogens (tertiary/aromatic N) is 3. The highest BCUT2D eigenvalue weighted by Crippen LogP contribution is 2.29. The van der Waals surface area contributed by atoms with Gasteiger partial charge in [0.05, 0.1) is 0 Å². The van der Waals surface area contributed by atoms with Crippen molar-refractivity contribution in [2.24, 2.45) is 0 Å². The molecule has 1 aliphatic rings. The van der Waals surface area contributed by atoms with Crippen LogP contribution < -0.4 is 4.74 Å². The molecule has 0 spiro atoms. The quantitative estimate of drug-likeness (QED) is 0.475. The van der Waals surface area contributed by atoms with Crippen molar-refractivity contribution < 1.29 is 27.7 Å². The number of aromatic nitrogens is 3. The third-order valence-electron chi connectivity index (χ3n) is 4.45. The monoisotopic (exact) mass is 475 g/mol. The molecule has 0 radical (unpaired) electrons. The van der Waals surface area contributed by atoms with Gasteiger partial charge in [0, 0.05) is 20.3 Å². The van der Waals surface area contributed by atoms with Crippen molar-refractivity contribution in [3.05, 3.63) is 40.4 Å². The molecule has 0 amide bonds. The van der Waals surface area contributed by atoms with Gasteiger partial charge < -0.3 is 18.9 Å². The Balaban J connectivity index is 1.70. The van der Waals surface area contributed by atoms with E-state index in [9.17, 15) is 8.78 Å². The third-order valence-corrected chi connectivity index (χ3v) is 4.79. The van der Waals surface area contributed by atoms with Crippen LogP contribution in [-0.2, 0) is 20.9 Å². The van der Waals surface area contributed by atoms with Gasteiger partial charge in [0.1, 0.15) is 6.73 Å². The van der Waals surface area contributed by atoms with Gasteiger partial charge in [0.25, 0.3) is 0 Å². The summed E-state index contributed by atoms with van der Waals surface area (Å²) in [5.74, 6) is -1.76. The zero-order chi connectivity index (χ0) is 20.6. The SMILES string of the molecule is COCn1nc(Br)nc1C(CCCOC1CCCCO1)Oc1cccc(F)c1F. The van der Waals surface area contributed by atoms with Gasteiger partial charge in [-0.05, 0) is 60.2 Å². The topological polar surface area (TPSA) is 67.6 Å². The molecule has 2 atom stereocenters. The molecule has 2 aromatic rings. The van der Waals surface area contributed by atoms with Crippen LogP contribution >= 0.6 is 15.9 Å². The van der Waals surface area contributed by atoms with Crippen LogP contribution in [0.5, 0.6) is 5.75 Å². The van der Waals surface area contributed by atoms with Crippen LogP contribution in [0, 0.1) is 11.6 Å². The predicted molar refractivity (Wildman–Crippen MR) is 103 cm³/mol. The average molecular weight is 476 g/mol. The Hall–Kier alpha value is -1.62. The lowest BCUT2D eigenvalue weighted by molar-refractivity contribution is -0.163. The lowest BCUT2D eigenvalue weighted by Gasteiger charge is -2.23. The maximum Gasteiger partial charge on any atom is 0.217 e. The summed E-state index contributed by atoms with van der Waals surface area (Å²) in [5, 5.41) is 4.20. The molecular formula is C19H24BrF2N3O4. The fourth-order valence-electron chi connectivity index (χ4n) is 3.08. The van der Waals surface area contributed by atoms with Gasteiger partial charge in [-0.2, -0.15) is 4.39 Å². The smallest absolute Gasteiger partial charge is 0.217 e. The zero-order valence-electron chi connectivity index (χ0n) is 16.2. The van der Waals surface area contributed by atoms with Crippen molar-refractivity contribution in [2.75, 3.05) is 20.3 Å². The van der Waals surface area contributed by atoms with Crippen LogP contribution in [0.4, 0.5) is 8.78 Å². The first kappa shape index (κ1) is 22.1. The minimum atomic E-state index is -1.04. The maximum atomic E-state index is 14.1. The molecule has 0 aliphatic carbocycles. The van der Waals surface area contributed by atoms with Crippen molar-refractivity contribution in [2.45, 2.75) is 51.2 Å². The summed E-state index contributed by atoms with van der Waals surface area (Å²) in [4.78, 5) is 4.33. The van der Waals surface area contributed by atoms with Crippen molar-refractivity contribution in [3.8, 4) is 5.75 Å². The Bertz CT molecular complexity index is 787. The molecule has 7 nitrogen and oxygen atoms in total. The molecule has 2 unspecified atom stereocenters. The highest BCUT2D eigenvalue weighted by atomic mass is 79.9. The number of hydrogen-bond acceptors (Lipinski definition) is 6. The predicted octanol–water partition coefficient (Wildman–Crippen LogP) is 4.37. The van der Waals surface area contributed by atoms with Gasteiger partial charge in [0.15, 0.2) is 29.8 Å². The first-order chi connectivity index (χ1) is 14.1. The van der Waals surface area contributed by atoms with E-state index in [1.54, 1.807) is 0 Å². The van der Waals surface area contributed by atoms with E-state index in [2.05, 4.69) is 26.0 Å². The van der Waals surface area contributed by atoms with Crippen molar-refractivity contribution in [3.63, 3.8) is 0 Å². The first-order valence-electron chi connectivity index (χ1n) is 9.51. The second kappa shape index (κ2) is 11.0. The molecule has 10 heteroatoms. The van der Waals surface area contributed by atoms with Crippen molar-refractivity contribution >= 4 is 15.9 Å². The van der Waals surface area contributed by atoms with Gasteiger partial charge in [0.2, 0.25) is 10.6 Å². The number of halogens is 3. The summed E-state index contributed by atoms with van der Waals surface area (Å²) in [6, 6.07) is 3.81. The van der Waals surface area contributed by atoms with E-state index in [4.69, 9.17) is 18.9 Å². The molecule has 2 heterocycles. The first-order valence-corrected chi connectivity index (χ1v) is 10.3. The van der Waals surface area contributed by atoms with E-state index < -0.39 is 17.7 Å². The minimum Gasteiger partial charge on any atom is -0.479 e. The number of ether oxygens (including phenoxy) is 4.